The molecule has 3 aliphatic carbocycles. The normalized spacial score (nSPS) is 31.3. The molecule has 4 atom stereocenters. The summed E-state index contributed by atoms with van der Waals surface area (Å²) in [5.41, 5.74) is 2.05. The van der Waals surface area contributed by atoms with Gasteiger partial charge >= 0.3 is 5.97 Å². The van der Waals surface area contributed by atoms with E-state index in [4.69, 9.17) is 0 Å². The molecule has 0 radical (unpaired) electrons. The molecule has 2 fully saturated rings. The molecule has 0 aromatic heterocycles. The molecule has 2 saturated carbocycles. The van der Waals surface area contributed by atoms with Crippen molar-refractivity contribution >= 4 is 17.6 Å². The zero-order valence-corrected chi connectivity index (χ0v) is 15.0. The third-order valence-corrected chi connectivity index (χ3v) is 6.45. The highest BCUT2D eigenvalue weighted by Crippen LogP contribution is 2.72. The Balaban J connectivity index is 1.55. The standard InChI is InChI=1S/C21H25NO3/c1-20(2,3)12-4-6-13(7-5-12)22-18(23)16-14-8-9-15(17(16)19(24)25)21(14)10-11-21/h4-9,14-17H,10-11H2,1-3H3,(H,22,23)(H,24,25)/t14-,15+,16+,17-/m0/s1. The molecule has 4 nitrogen and oxygen atoms in total. The number of hydrogen-bond donors (Lipinski definition) is 2. The molecule has 2 bridgehead atoms. The summed E-state index contributed by atoms with van der Waals surface area (Å²) in [4.78, 5) is 24.7. The Hall–Kier alpha value is -2.10. The summed E-state index contributed by atoms with van der Waals surface area (Å²) in [6.45, 7) is 6.44. The molecular weight excluding hydrogens is 314 g/mol. The number of rotatable bonds is 3. The lowest BCUT2D eigenvalue weighted by Crippen LogP contribution is -2.36. The van der Waals surface area contributed by atoms with Gasteiger partial charge in [0, 0.05) is 5.69 Å². The molecule has 1 spiro atoms. The molecule has 1 aromatic rings. The van der Waals surface area contributed by atoms with E-state index in [1.807, 2.05) is 30.3 Å². The van der Waals surface area contributed by atoms with E-state index in [0.717, 1.165) is 18.5 Å². The number of carboxylic acid groups (broad SMARTS) is 1. The van der Waals surface area contributed by atoms with Gasteiger partial charge in [0.15, 0.2) is 0 Å². The number of carbonyl (C=O) groups excluding carboxylic acids is 1. The molecule has 3 aliphatic rings. The minimum absolute atomic E-state index is 0.0222. The molecule has 1 amide bonds. The molecule has 132 valence electrons. The van der Waals surface area contributed by atoms with Crippen molar-refractivity contribution in [2.45, 2.75) is 39.0 Å². The smallest absolute Gasteiger partial charge is 0.307 e. The van der Waals surface area contributed by atoms with Crippen molar-refractivity contribution < 1.29 is 14.7 Å². The molecule has 0 heterocycles. The van der Waals surface area contributed by atoms with Gasteiger partial charge in [0.05, 0.1) is 11.8 Å². The Kier molecular flexibility index (Phi) is 3.40. The summed E-state index contributed by atoms with van der Waals surface area (Å²) in [6, 6.07) is 7.86. The zero-order chi connectivity index (χ0) is 18.0. The topological polar surface area (TPSA) is 66.4 Å². The van der Waals surface area contributed by atoms with Gasteiger partial charge in [-0.2, -0.15) is 0 Å². The first-order valence-electron chi connectivity index (χ1n) is 9.07. The van der Waals surface area contributed by atoms with Crippen LogP contribution in [0.1, 0.15) is 39.2 Å². The van der Waals surface area contributed by atoms with E-state index in [-0.39, 0.29) is 28.6 Å². The number of allylic oxidation sites excluding steroid dienone is 2. The highest BCUT2D eigenvalue weighted by Gasteiger charge is 2.70. The Morgan fingerprint density at radius 1 is 1.04 bits per heavy atom. The number of carboxylic acids is 1. The average molecular weight is 339 g/mol. The maximum Gasteiger partial charge on any atom is 0.307 e. The van der Waals surface area contributed by atoms with E-state index in [2.05, 4.69) is 32.2 Å². The van der Waals surface area contributed by atoms with Crippen molar-refractivity contribution in [1.29, 1.82) is 0 Å². The molecule has 4 heteroatoms. The van der Waals surface area contributed by atoms with Crippen LogP contribution in [0.4, 0.5) is 5.69 Å². The van der Waals surface area contributed by atoms with Crippen molar-refractivity contribution in [2.24, 2.45) is 29.1 Å². The zero-order valence-electron chi connectivity index (χ0n) is 15.0. The summed E-state index contributed by atoms with van der Waals surface area (Å²) in [7, 11) is 0. The van der Waals surface area contributed by atoms with Gasteiger partial charge in [0.25, 0.3) is 0 Å². The van der Waals surface area contributed by atoms with Crippen LogP contribution in [-0.4, -0.2) is 17.0 Å². The van der Waals surface area contributed by atoms with Crippen LogP contribution in [0.5, 0.6) is 0 Å². The number of nitrogens with one attached hydrogen (secondary N) is 1. The van der Waals surface area contributed by atoms with Gasteiger partial charge in [-0.05, 0) is 53.2 Å². The predicted octanol–water partition coefficient (Wildman–Crippen LogP) is 3.84. The quantitative estimate of drug-likeness (QED) is 0.822. The van der Waals surface area contributed by atoms with Crippen molar-refractivity contribution in [2.75, 3.05) is 5.32 Å². The fourth-order valence-electron chi connectivity index (χ4n) is 4.97. The monoisotopic (exact) mass is 339 g/mol. The lowest BCUT2D eigenvalue weighted by atomic mass is 9.82. The number of amides is 1. The van der Waals surface area contributed by atoms with Crippen molar-refractivity contribution in [3.63, 3.8) is 0 Å². The van der Waals surface area contributed by atoms with Crippen LogP contribution in [0.3, 0.4) is 0 Å². The van der Waals surface area contributed by atoms with Crippen LogP contribution in [0.2, 0.25) is 0 Å². The summed E-state index contributed by atoms with van der Waals surface area (Å²) in [6.07, 6.45) is 6.22. The average Bonchev–Trinajstić information content (AvgIpc) is 3.20. The molecule has 4 rings (SSSR count). The molecule has 0 unspecified atom stereocenters. The lowest BCUT2D eigenvalue weighted by Gasteiger charge is -2.24. The summed E-state index contributed by atoms with van der Waals surface area (Å²) >= 11 is 0. The predicted molar refractivity (Wildman–Crippen MR) is 96.2 cm³/mol. The number of aliphatic carboxylic acids is 1. The van der Waals surface area contributed by atoms with Gasteiger partial charge in [-0.1, -0.05) is 45.1 Å². The van der Waals surface area contributed by atoms with E-state index in [0.29, 0.717) is 0 Å². The Bertz CT molecular complexity index is 752. The Labute approximate surface area is 148 Å². The van der Waals surface area contributed by atoms with Gasteiger partial charge in [-0.3, -0.25) is 9.59 Å². The maximum absolute atomic E-state index is 12.9. The Morgan fingerprint density at radius 2 is 1.60 bits per heavy atom. The SMILES string of the molecule is CC(C)(C)c1ccc(NC(=O)[C@H]2[C@@H](C(=O)O)[C@H]3C=C[C@@H]2C32CC2)cc1. The van der Waals surface area contributed by atoms with Gasteiger partial charge in [0.2, 0.25) is 5.91 Å². The third-order valence-electron chi connectivity index (χ3n) is 6.45. The maximum atomic E-state index is 12.9. The van der Waals surface area contributed by atoms with Gasteiger partial charge in [0.1, 0.15) is 0 Å². The second kappa shape index (κ2) is 5.20. The minimum Gasteiger partial charge on any atom is -0.481 e. The van der Waals surface area contributed by atoms with Crippen LogP contribution in [-0.2, 0) is 15.0 Å². The second-order valence-electron chi connectivity index (χ2n) is 8.88. The fourth-order valence-corrected chi connectivity index (χ4v) is 4.97. The van der Waals surface area contributed by atoms with Crippen LogP contribution >= 0.6 is 0 Å². The number of benzene rings is 1. The largest absolute Gasteiger partial charge is 0.481 e. The Morgan fingerprint density at radius 3 is 2.08 bits per heavy atom. The first-order chi connectivity index (χ1) is 11.7. The van der Waals surface area contributed by atoms with Crippen LogP contribution < -0.4 is 5.32 Å². The number of carbonyl (C=O) groups is 2. The summed E-state index contributed by atoms with van der Waals surface area (Å²) in [5, 5.41) is 12.7. The van der Waals surface area contributed by atoms with E-state index < -0.39 is 17.8 Å². The fraction of sp³-hybridized carbons (Fsp3) is 0.524. The van der Waals surface area contributed by atoms with Crippen molar-refractivity contribution in [3.05, 3.63) is 42.0 Å². The number of hydrogen-bond acceptors (Lipinski definition) is 2. The number of anilines is 1. The van der Waals surface area contributed by atoms with Crippen molar-refractivity contribution in [3.8, 4) is 0 Å². The van der Waals surface area contributed by atoms with Crippen molar-refractivity contribution in [1.82, 2.24) is 0 Å². The molecule has 1 aromatic carbocycles. The van der Waals surface area contributed by atoms with Crippen LogP contribution in [0, 0.1) is 29.1 Å². The van der Waals surface area contributed by atoms with Crippen LogP contribution in [0.15, 0.2) is 36.4 Å². The highest BCUT2D eigenvalue weighted by molar-refractivity contribution is 5.96. The molecule has 25 heavy (non-hydrogen) atoms. The summed E-state index contributed by atoms with van der Waals surface area (Å²) in [5.74, 6) is -1.95. The molecule has 0 saturated heterocycles. The van der Waals surface area contributed by atoms with Gasteiger partial charge in [-0.25, -0.2) is 0 Å². The minimum atomic E-state index is -0.841. The van der Waals surface area contributed by atoms with E-state index >= 15 is 0 Å². The molecular formula is C21H25NO3. The van der Waals surface area contributed by atoms with Gasteiger partial charge in [-0.15, -0.1) is 0 Å². The van der Waals surface area contributed by atoms with E-state index in [9.17, 15) is 14.7 Å². The second-order valence-corrected chi connectivity index (χ2v) is 8.88. The molecule has 2 N–H and O–H groups in total. The summed E-state index contributed by atoms with van der Waals surface area (Å²) < 4.78 is 0. The first-order valence-corrected chi connectivity index (χ1v) is 9.07. The highest BCUT2D eigenvalue weighted by atomic mass is 16.4. The molecule has 0 aliphatic heterocycles. The van der Waals surface area contributed by atoms with E-state index in [1.54, 1.807) is 0 Å². The first kappa shape index (κ1) is 16.4. The lowest BCUT2D eigenvalue weighted by molar-refractivity contribution is -0.146. The van der Waals surface area contributed by atoms with Crippen LogP contribution in [0.25, 0.3) is 0 Å². The third kappa shape index (κ3) is 2.42. The van der Waals surface area contributed by atoms with Gasteiger partial charge < -0.3 is 10.4 Å². The van der Waals surface area contributed by atoms with E-state index in [1.165, 1.54) is 5.56 Å².